The largest absolute Gasteiger partial charge is 0.455 e. The second-order valence-electron chi connectivity index (χ2n) is 4.17. The number of quaternary nitrogens is 1. The van der Waals surface area contributed by atoms with Crippen molar-refractivity contribution in [3.8, 4) is 11.3 Å². The molecule has 0 aliphatic rings. The number of halogens is 2. The molecular formula is C14H16ClFNO2+. The molecule has 3 nitrogen and oxygen atoms in total. The van der Waals surface area contributed by atoms with Gasteiger partial charge in [0.1, 0.15) is 18.1 Å². The minimum atomic E-state index is -0.426. The molecule has 1 aromatic carbocycles. The quantitative estimate of drug-likeness (QED) is 0.828. The Balaban J connectivity index is 2.01. The van der Waals surface area contributed by atoms with Gasteiger partial charge in [0, 0.05) is 12.7 Å². The van der Waals surface area contributed by atoms with Crippen LogP contribution in [0, 0.1) is 5.82 Å². The molecule has 0 aliphatic carbocycles. The molecule has 0 amide bonds. The van der Waals surface area contributed by atoms with E-state index in [0.717, 1.165) is 24.4 Å². The van der Waals surface area contributed by atoms with Gasteiger partial charge in [0.25, 0.3) is 0 Å². The topological polar surface area (TPSA) is 39.0 Å². The number of rotatable bonds is 6. The van der Waals surface area contributed by atoms with Crippen molar-refractivity contribution in [3.05, 3.63) is 46.9 Å². The van der Waals surface area contributed by atoms with Gasteiger partial charge >= 0.3 is 0 Å². The molecule has 0 fully saturated rings. The van der Waals surface area contributed by atoms with Crippen LogP contribution in [0.4, 0.5) is 4.39 Å². The summed E-state index contributed by atoms with van der Waals surface area (Å²) in [5.74, 6) is 1.13. The minimum Gasteiger partial charge on any atom is -0.455 e. The van der Waals surface area contributed by atoms with Crippen molar-refractivity contribution in [2.45, 2.75) is 6.54 Å². The monoisotopic (exact) mass is 284 g/mol. The summed E-state index contributed by atoms with van der Waals surface area (Å²) in [6.07, 6.45) is 0. The molecule has 2 aromatic rings. The molecule has 0 unspecified atom stereocenters. The van der Waals surface area contributed by atoms with Crippen LogP contribution in [0.15, 0.2) is 34.7 Å². The van der Waals surface area contributed by atoms with E-state index in [1.165, 1.54) is 6.07 Å². The molecule has 0 saturated heterocycles. The Morgan fingerprint density at radius 2 is 2.16 bits per heavy atom. The Kier molecular flexibility index (Phi) is 4.96. The maximum Gasteiger partial charge on any atom is 0.158 e. The lowest BCUT2D eigenvalue weighted by Gasteiger charge is -2.00. The van der Waals surface area contributed by atoms with Gasteiger partial charge in [-0.2, -0.15) is 0 Å². The van der Waals surface area contributed by atoms with E-state index in [1.807, 2.05) is 12.1 Å². The predicted molar refractivity (Wildman–Crippen MR) is 71.5 cm³/mol. The summed E-state index contributed by atoms with van der Waals surface area (Å²) in [5, 5.41) is 2.20. The van der Waals surface area contributed by atoms with E-state index in [4.69, 9.17) is 20.8 Å². The van der Waals surface area contributed by atoms with E-state index in [2.05, 4.69) is 5.32 Å². The van der Waals surface area contributed by atoms with Gasteiger partial charge in [-0.05, 0) is 30.3 Å². The van der Waals surface area contributed by atoms with Gasteiger partial charge in [0.05, 0.1) is 18.2 Å². The second-order valence-corrected chi connectivity index (χ2v) is 4.58. The molecule has 1 heterocycles. The van der Waals surface area contributed by atoms with Crippen molar-refractivity contribution < 1.29 is 18.9 Å². The number of benzene rings is 1. The molecule has 102 valence electrons. The molecule has 19 heavy (non-hydrogen) atoms. The van der Waals surface area contributed by atoms with Gasteiger partial charge in [-0.3, -0.25) is 0 Å². The Morgan fingerprint density at radius 1 is 1.32 bits per heavy atom. The zero-order chi connectivity index (χ0) is 13.7. The van der Waals surface area contributed by atoms with Crippen LogP contribution in [0.25, 0.3) is 11.3 Å². The number of ether oxygens (including phenoxy) is 1. The first-order chi connectivity index (χ1) is 9.20. The van der Waals surface area contributed by atoms with E-state index >= 15 is 0 Å². The van der Waals surface area contributed by atoms with Crippen molar-refractivity contribution in [1.82, 2.24) is 0 Å². The van der Waals surface area contributed by atoms with Crippen LogP contribution in [-0.4, -0.2) is 20.3 Å². The van der Waals surface area contributed by atoms with E-state index in [0.29, 0.717) is 12.4 Å². The van der Waals surface area contributed by atoms with Crippen molar-refractivity contribution in [3.63, 3.8) is 0 Å². The van der Waals surface area contributed by atoms with Gasteiger partial charge in [-0.15, -0.1) is 0 Å². The lowest BCUT2D eigenvalue weighted by atomic mass is 10.2. The highest BCUT2D eigenvalue weighted by molar-refractivity contribution is 6.31. The SMILES string of the molecule is COCC[NH2+]Cc1ccc(-c2ccc(F)c(Cl)c2)o1. The van der Waals surface area contributed by atoms with Crippen molar-refractivity contribution >= 4 is 11.6 Å². The zero-order valence-electron chi connectivity index (χ0n) is 10.7. The number of hydrogen-bond acceptors (Lipinski definition) is 2. The standard InChI is InChI=1S/C14H15ClFNO2/c1-18-7-6-17-9-11-3-5-14(19-11)10-2-4-13(16)12(15)8-10/h2-5,8,17H,6-7,9H2,1H3/p+1. The van der Waals surface area contributed by atoms with Crippen LogP contribution in [0.5, 0.6) is 0 Å². The van der Waals surface area contributed by atoms with Crippen LogP contribution in [0.2, 0.25) is 5.02 Å². The van der Waals surface area contributed by atoms with Gasteiger partial charge < -0.3 is 14.5 Å². The average Bonchev–Trinajstić information content (AvgIpc) is 2.87. The van der Waals surface area contributed by atoms with Crippen LogP contribution in [-0.2, 0) is 11.3 Å². The summed E-state index contributed by atoms with van der Waals surface area (Å²) in [5.41, 5.74) is 0.773. The molecule has 2 rings (SSSR count). The fraction of sp³-hybridized carbons (Fsp3) is 0.286. The molecule has 2 N–H and O–H groups in total. The van der Waals surface area contributed by atoms with Crippen LogP contribution < -0.4 is 5.32 Å². The highest BCUT2D eigenvalue weighted by atomic mass is 35.5. The molecule has 0 spiro atoms. The second kappa shape index (κ2) is 6.70. The maximum absolute atomic E-state index is 13.1. The zero-order valence-corrected chi connectivity index (χ0v) is 11.4. The fourth-order valence-electron chi connectivity index (χ4n) is 1.74. The van der Waals surface area contributed by atoms with Crippen molar-refractivity contribution in [2.75, 3.05) is 20.3 Å². The summed E-state index contributed by atoms with van der Waals surface area (Å²) >= 11 is 5.75. The minimum absolute atomic E-state index is 0.0992. The normalized spacial score (nSPS) is 10.9. The van der Waals surface area contributed by atoms with E-state index < -0.39 is 5.82 Å². The first-order valence-electron chi connectivity index (χ1n) is 6.05. The number of hydrogen-bond donors (Lipinski definition) is 1. The van der Waals surface area contributed by atoms with Gasteiger partial charge in [0.15, 0.2) is 5.76 Å². The Hall–Kier alpha value is -1.36. The third-order valence-electron chi connectivity index (χ3n) is 2.74. The highest BCUT2D eigenvalue weighted by Crippen LogP contribution is 2.26. The Bertz CT molecular complexity index is 542. The first kappa shape index (κ1) is 14.1. The van der Waals surface area contributed by atoms with Crippen molar-refractivity contribution in [1.29, 1.82) is 0 Å². The first-order valence-corrected chi connectivity index (χ1v) is 6.43. The number of nitrogens with two attached hydrogens (primary N) is 1. The molecule has 0 radical (unpaired) electrons. The fourth-order valence-corrected chi connectivity index (χ4v) is 1.92. The summed E-state index contributed by atoms with van der Waals surface area (Å²) in [4.78, 5) is 0. The molecule has 0 bridgehead atoms. The summed E-state index contributed by atoms with van der Waals surface area (Å²) in [6, 6.07) is 8.33. The molecule has 5 heteroatoms. The average molecular weight is 285 g/mol. The number of furan rings is 1. The van der Waals surface area contributed by atoms with E-state index in [1.54, 1.807) is 19.2 Å². The Morgan fingerprint density at radius 3 is 2.89 bits per heavy atom. The summed E-state index contributed by atoms with van der Waals surface area (Å²) in [6.45, 7) is 2.34. The van der Waals surface area contributed by atoms with E-state index in [9.17, 15) is 4.39 Å². The van der Waals surface area contributed by atoms with E-state index in [-0.39, 0.29) is 5.02 Å². The summed E-state index contributed by atoms with van der Waals surface area (Å²) < 4.78 is 23.7. The molecule has 1 aromatic heterocycles. The summed E-state index contributed by atoms with van der Waals surface area (Å²) in [7, 11) is 1.68. The smallest absolute Gasteiger partial charge is 0.158 e. The van der Waals surface area contributed by atoms with Gasteiger partial charge in [-0.1, -0.05) is 11.6 Å². The lowest BCUT2D eigenvalue weighted by Crippen LogP contribution is -2.83. The molecule has 0 atom stereocenters. The van der Waals surface area contributed by atoms with Crippen LogP contribution >= 0.6 is 11.6 Å². The third kappa shape index (κ3) is 3.80. The van der Waals surface area contributed by atoms with Crippen LogP contribution in [0.1, 0.15) is 5.76 Å². The predicted octanol–water partition coefficient (Wildman–Crippen LogP) is 2.45. The highest BCUT2D eigenvalue weighted by Gasteiger charge is 2.08. The lowest BCUT2D eigenvalue weighted by molar-refractivity contribution is -0.673. The molecule has 0 saturated carbocycles. The van der Waals surface area contributed by atoms with Crippen LogP contribution in [0.3, 0.4) is 0 Å². The van der Waals surface area contributed by atoms with Gasteiger partial charge in [-0.25, -0.2) is 4.39 Å². The maximum atomic E-state index is 13.1. The Labute approximate surface area is 116 Å². The third-order valence-corrected chi connectivity index (χ3v) is 3.03. The number of methoxy groups -OCH3 is 1. The van der Waals surface area contributed by atoms with Crippen molar-refractivity contribution in [2.24, 2.45) is 0 Å². The molecule has 0 aliphatic heterocycles. The molecular weight excluding hydrogens is 269 g/mol. The van der Waals surface area contributed by atoms with Gasteiger partial charge in [0.2, 0.25) is 0 Å².